The smallest absolute Gasteiger partial charge is 0.148 e. The van der Waals surface area contributed by atoms with Crippen molar-refractivity contribution in [3.05, 3.63) is 11.4 Å². The zero-order chi connectivity index (χ0) is 15.8. The number of rotatable bonds is 8. The summed E-state index contributed by atoms with van der Waals surface area (Å²) in [6.07, 6.45) is 0.426. The summed E-state index contributed by atoms with van der Waals surface area (Å²) in [7, 11) is 1.65. The molecule has 0 bridgehead atoms. The van der Waals surface area contributed by atoms with E-state index < -0.39 is 0 Å². The van der Waals surface area contributed by atoms with E-state index in [1.54, 1.807) is 7.11 Å². The van der Waals surface area contributed by atoms with E-state index >= 15 is 0 Å². The van der Waals surface area contributed by atoms with Gasteiger partial charge in [0.25, 0.3) is 0 Å². The molecule has 0 aromatic carbocycles. The molecule has 1 heterocycles. The monoisotopic (exact) mass is 292 g/mol. The van der Waals surface area contributed by atoms with Crippen molar-refractivity contribution in [3.8, 4) is 6.07 Å². The third-order valence-electron chi connectivity index (χ3n) is 3.15. The SMILES string of the molecule is COCCN(CCC#N)c1nc(C(C)C)nc(NN)c1C. The Labute approximate surface area is 126 Å². The van der Waals surface area contributed by atoms with E-state index in [-0.39, 0.29) is 5.92 Å². The second-order valence-electron chi connectivity index (χ2n) is 5.07. The van der Waals surface area contributed by atoms with Gasteiger partial charge in [-0.05, 0) is 6.92 Å². The first-order valence-corrected chi connectivity index (χ1v) is 7.01. The second-order valence-corrected chi connectivity index (χ2v) is 5.07. The molecule has 7 nitrogen and oxygen atoms in total. The summed E-state index contributed by atoms with van der Waals surface area (Å²) >= 11 is 0. The topological polar surface area (TPSA) is 100 Å². The summed E-state index contributed by atoms with van der Waals surface area (Å²) in [6.45, 7) is 7.81. The Balaban J connectivity index is 3.20. The molecule has 0 unspecified atom stereocenters. The van der Waals surface area contributed by atoms with Gasteiger partial charge in [-0.2, -0.15) is 5.26 Å². The van der Waals surface area contributed by atoms with Gasteiger partial charge < -0.3 is 15.1 Å². The highest BCUT2D eigenvalue weighted by atomic mass is 16.5. The van der Waals surface area contributed by atoms with E-state index in [9.17, 15) is 0 Å². The van der Waals surface area contributed by atoms with Crippen LogP contribution in [0.3, 0.4) is 0 Å². The number of nitrogen functional groups attached to an aromatic ring is 1. The molecule has 3 N–H and O–H groups in total. The average molecular weight is 292 g/mol. The summed E-state index contributed by atoms with van der Waals surface area (Å²) in [5.41, 5.74) is 3.50. The first-order chi connectivity index (χ1) is 10.0. The van der Waals surface area contributed by atoms with E-state index in [1.165, 1.54) is 0 Å². The van der Waals surface area contributed by atoms with Gasteiger partial charge >= 0.3 is 0 Å². The van der Waals surface area contributed by atoms with E-state index in [0.29, 0.717) is 31.9 Å². The molecule has 0 saturated heterocycles. The lowest BCUT2D eigenvalue weighted by molar-refractivity contribution is 0.205. The fourth-order valence-corrected chi connectivity index (χ4v) is 1.94. The Kier molecular flexibility index (Phi) is 6.85. The number of nitrogens with two attached hydrogens (primary N) is 1. The number of hydrazine groups is 1. The Hall–Kier alpha value is -1.91. The fraction of sp³-hybridized carbons (Fsp3) is 0.643. The van der Waals surface area contributed by atoms with E-state index in [4.69, 9.17) is 15.8 Å². The van der Waals surface area contributed by atoms with Crippen LogP contribution in [0.2, 0.25) is 0 Å². The minimum atomic E-state index is 0.191. The molecule has 0 fully saturated rings. The van der Waals surface area contributed by atoms with Crippen LogP contribution in [-0.4, -0.2) is 36.8 Å². The van der Waals surface area contributed by atoms with Gasteiger partial charge in [-0.3, -0.25) is 0 Å². The van der Waals surface area contributed by atoms with E-state index in [1.807, 2.05) is 25.7 Å². The van der Waals surface area contributed by atoms with Gasteiger partial charge in [0.15, 0.2) is 0 Å². The highest BCUT2D eigenvalue weighted by molar-refractivity contribution is 5.58. The number of nitrogens with zero attached hydrogens (tertiary/aromatic N) is 4. The summed E-state index contributed by atoms with van der Waals surface area (Å²) in [5, 5.41) is 8.83. The summed E-state index contributed by atoms with van der Waals surface area (Å²) in [5.74, 6) is 7.88. The lowest BCUT2D eigenvalue weighted by Gasteiger charge is -2.25. The number of nitrogens with one attached hydrogen (secondary N) is 1. The van der Waals surface area contributed by atoms with Gasteiger partial charge in [0.2, 0.25) is 0 Å². The standard InChI is InChI=1S/C14H24N6O/c1-10(2)12-17-13(19-16)11(3)14(18-12)20(7-5-6-15)8-9-21-4/h10H,5,7-9,16H2,1-4H3,(H,17,18,19). The largest absolute Gasteiger partial charge is 0.383 e. The number of nitriles is 1. The van der Waals surface area contributed by atoms with Crippen LogP contribution in [0.25, 0.3) is 0 Å². The van der Waals surface area contributed by atoms with E-state index in [2.05, 4.69) is 21.5 Å². The maximum absolute atomic E-state index is 8.83. The van der Waals surface area contributed by atoms with Crippen LogP contribution in [0.5, 0.6) is 0 Å². The normalized spacial score (nSPS) is 10.5. The molecule has 21 heavy (non-hydrogen) atoms. The zero-order valence-electron chi connectivity index (χ0n) is 13.2. The van der Waals surface area contributed by atoms with Crippen molar-refractivity contribution < 1.29 is 4.74 Å². The van der Waals surface area contributed by atoms with Crippen molar-refractivity contribution in [1.29, 1.82) is 5.26 Å². The minimum Gasteiger partial charge on any atom is -0.383 e. The quantitative estimate of drug-likeness (QED) is 0.554. The fourth-order valence-electron chi connectivity index (χ4n) is 1.94. The molecule has 0 atom stereocenters. The molecule has 116 valence electrons. The van der Waals surface area contributed by atoms with Gasteiger partial charge in [0, 0.05) is 31.7 Å². The molecule has 0 aliphatic rings. The van der Waals surface area contributed by atoms with Crippen molar-refractivity contribution in [3.63, 3.8) is 0 Å². The Bertz CT molecular complexity index is 497. The number of ether oxygens (including phenoxy) is 1. The van der Waals surface area contributed by atoms with Crippen LogP contribution in [0.4, 0.5) is 11.6 Å². The Morgan fingerprint density at radius 1 is 1.38 bits per heavy atom. The van der Waals surface area contributed by atoms with Crippen LogP contribution in [0.15, 0.2) is 0 Å². The molecule has 7 heteroatoms. The predicted molar refractivity (Wildman–Crippen MR) is 83.0 cm³/mol. The summed E-state index contributed by atoms with van der Waals surface area (Å²) in [6, 6.07) is 2.16. The lowest BCUT2D eigenvalue weighted by Crippen LogP contribution is -2.31. The number of hydrogen-bond donors (Lipinski definition) is 2. The molecule has 0 aliphatic carbocycles. The third-order valence-corrected chi connectivity index (χ3v) is 3.15. The van der Waals surface area contributed by atoms with Crippen LogP contribution in [0.1, 0.15) is 37.6 Å². The van der Waals surface area contributed by atoms with Crippen LogP contribution in [0, 0.1) is 18.3 Å². The second kappa shape index (κ2) is 8.39. The number of methoxy groups -OCH3 is 1. The van der Waals surface area contributed by atoms with Gasteiger partial charge in [-0.15, -0.1) is 0 Å². The third kappa shape index (κ3) is 4.55. The van der Waals surface area contributed by atoms with E-state index in [0.717, 1.165) is 17.2 Å². The highest BCUT2D eigenvalue weighted by Gasteiger charge is 2.17. The van der Waals surface area contributed by atoms with Crippen LogP contribution >= 0.6 is 0 Å². The summed E-state index contributed by atoms with van der Waals surface area (Å²) < 4.78 is 5.14. The number of hydrogen-bond acceptors (Lipinski definition) is 7. The van der Waals surface area contributed by atoms with Gasteiger partial charge in [0.05, 0.1) is 19.1 Å². The van der Waals surface area contributed by atoms with Gasteiger partial charge in [-0.25, -0.2) is 15.8 Å². The molecular formula is C14H24N6O. The van der Waals surface area contributed by atoms with Gasteiger partial charge in [-0.1, -0.05) is 13.8 Å². The molecule has 0 aliphatic heterocycles. The Morgan fingerprint density at radius 2 is 2.10 bits per heavy atom. The number of anilines is 2. The minimum absolute atomic E-state index is 0.191. The van der Waals surface area contributed by atoms with Crippen molar-refractivity contribution in [1.82, 2.24) is 9.97 Å². The van der Waals surface area contributed by atoms with Crippen molar-refractivity contribution in [2.45, 2.75) is 33.1 Å². The highest BCUT2D eigenvalue weighted by Crippen LogP contribution is 2.25. The molecule has 1 aromatic heterocycles. The first-order valence-electron chi connectivity index (χ1n) is 7.01. The van der Waals surface area contributed by atoms with Crippen LogP contribution in [-0.2, 0) is 4.74 Å². The molecule has 0 amide bonds. The molecule has 1 rings (SSSR count). The van der Waals surface area contributed by atoms with Crippen LogP contribution < -0.4 is 16.2 Å². The molecule has 0 spiro atoms. The first kappa shape index (κ1) is 17.1. The van der Waals surface area contributed by atoms with Gasteiger partial charge in [0.1, 0.15) is 17.5 Å². The van der Waals surface area contributed by atoms with Crippen molar-refractivity contribution in [2.75, 3.05) is 37.1 Å². The lowest BCUT2D eigenvalue weighted by atomic mass is 10.2. The molecular weight excluding hydrogens is 268 g/mol. The molecule has 0 radical (unpaired) electrons. The predicted octanol–water partition coefficient (Wildman–Crippen LogP) is 1.56. The summed E-state index contributed by atoms with van der Waals surface area (Å²) in [4.78, 5) is 11.1. The average Bonchev–Trinajstić information content (AvgIpc) is 2.48. The Morgan fingerprint density at radius 3 is 2.62 bits per heavy atom. The molecule has 0 saturated carbocycles. The maximum atomic E-state index is 8.83. The van der Waals surface area contributed by atoms with Crippen molar-refractivity contribution >= 4 is 11.6 Å². The van der Waals surface area contributed by atoms with Crippen molar-refractivity contribution in [2.24, 2.45) is 5.84 Å². The maximum Gasteiger partial charge on any atom is 0.148 e. The zero-order valence-corrected chi connectivity index (χ0v) is 13.2. The molecule has 1 aromatic rings. The number of aromatic nitrogens is 2.